The molecule has 1 unspecified atom stereocenters. The Morgan fingerprint density at radius 3 is 2.76 bits per heavy atom. The number of benzene rings is 1. The zero-order valence-corrected chi connectivity index (χ0v) is 15.8. The van der Waals surface area contributed by atoms with Crippen LogP contribution in [0.15, 0.2) is 24.3 Å². The Balaban J connectivity index is 1.75. The van der Waals surface area contributed by atoms with Gasteiger partial charge in [-0.2, -0.15) is 0 Å². The van der Waals surface area contributed by atoms with Crippen molar-refractivity contribution >= 4 is 11.8 Å². The van der Waals surface area contributed by atoms with E-state index in [1.807, 2.05) is 23.1 Å². The van der Waals surface area contributed by atoms with Crippen molar-refractivity contribution in [1.29, 1.82) is 0 Å². The van der Waals surface area contributed by atoms with Gasteiger partial charge in [0.25, 0.3) is 5.91 Å². The molecule has 0 bridgehead atoms. The van der Waals surface area contributed by atoms with Gasteiger partial charge in [0, 0.05) is 26.1 Å². The topological polar surface area (TPSA) is 58.6 Å². The van der Waals surface area contributed by atoms with E-state index < -0.39 is 6.10 Å². The van der Waals surface area contributed by atoms with Gasteiger partial charge in [-0.15, -0.1) is 0 Å². The molecule has 1 fully saturated rings. The highest BCUT2D eigenvalue weighted by Gasteiger charge is 2.20. The second kappa shape index (κ2) is 8.37. The predicted molar refractivity (Wildman–Crippen MR) is 98.7 cm³/mol. The number of carbonyl (C=O) groups is 2. The number of rotatable bonds is 7. The van der Waals surface area contributed by atoms with E-state index in [1.165, 1.54) is 5.56 Å². The van der Waals surface area contributed by atoms with E-state index in [0.717, 1.165) is 19.4 Å². The maximum Gasteiger partial charge on any atom is 0.260 e. The summed E-state index contributed by atoms with van der Waals surface area (Å²) < 4.78 is 5.78. The van der Waals surface area contributed by atoms with Crippen LogP contribution in [0.5, 0.6) is 5.75 Å². The van der Waals surface area contributed by atoms with E-state index in [-0.39, 0.29) is 17.2 Å². The molecule has 1 aliphatic rings. The summed E-state index contributed by atoms with van der Waals surface area (Å²) >= 11 is 0. The van der Waals surface area contributed by atoms with Crippen molar-refractivity contribution in [2.24, 2.45) is 0 Å². The number of hydrogen-bond donors (Lipinski definition) is 1. The van der Waals surface area contributed by atoms with Crippen molar-refractivity contribution in [1.82, 2.24) is 10.2 Å². The molecule has 5 nitrogen and oxygen atoms in total. The zero-order chi connectivity index (χ0) is 18.4. The molecule has 0 spiro atoms. The third kappa shape index (κ3) is 5.76. The lowest BCUT2D eigenvalue weighted by Crippen LogP contribution is -2.38. The smallest absolute Gasteiger partial charge is 0.260 e. The Labute approximate surface area is 150 Å². The third-order valence-electron chi connectivity index (χ3n) is 4.46. The van der Waals surface area contributed by atoms with E-state index in [2.05, 4.69) is 32.2 Å². The molecule has 0 aliphatic carbocycles. The van der Waals surface area contributed by atoms with Crippen LogP contribution in [-0.4, -0.2) is 42.5 Å². The maximum atomic E-state index is 12.2. The highest BCUT2D eigenvalue weighted by molar-refractivity contribution is 5.80. The van der Waals surface area contributed by atoms with E-state index in [1.54, 1.807) is 6.92 Å². The molecule has 0 aromatic heterocycles. The Morgan fingerprint density at radius 1 is 1.36 bits per heavy atom. The summed E-state index contributed by atoms with van der Waals surface area (Å²) in [5.74, 6) is 0.799. The third-order valence-corrected chi connectivity index (χ3v) is 4.46. The summed E-state index contributed by atoms with van der Waals surface area (Å²) in [6.45, 7) is 10.3. The van der Waals surface area contributed by atoms with Crippen LogP contribution < -0.4 is 10.1 Å². The predicted octanol–water partition coefficient (Wildman–Crippen LogP) is 2.88. The minimum absolute atomic E-state index is 0.0396. The van der Waals surface area contributed by atoms with Gasteiger partial charge in [-0.1, -0.05) is 32.9 Å². The van der Waals surface area contributed by atoms with E-state index >= 15 is 0 Å². The van der Waals surface area contributed by atoms with Crippen LogP contribution in [0.1, 0.15) is 52.5 Å². The summed E-state index contributed by atoms with van der Waals surface area (Å²) in [5.41, 5.74) is 1.21. The monoisotopic (exact) mass is 346 g/mol. The molecule has 0 radical (unpaired) electrons. The van der Waals surface area contributed by atoms with Gasteiger partial charge in [0.15, 0.2) is 6.10 Å². The largest absolute Gasteiger partial charge is 0.481 e. The minimum atomic E-state index is -0.552. The lowest BCUT2D eigenvalue weighted by atomic mass is 9.87. The second-order valence-corrected chi connectivity index (χ2v) is 7.67. The standard InChI is InChI=1S/C20H30N2O3/c1-15(25-17-9-5-8-16(14-17)20(2,3)4)19(24)21-11-7-13-22-12-6-10-18(22)23/h5,8-9,14-15H,6-7,10-13H2,1-4H3,(H,21,24). The molecular formula is C20H30N2O3. The van der Waals surface area contributed by atoms with Crippen molar-refractivity contribution < 1.29 is 14.3 Å². The molecule has 0 saturated carbocycles. The summed E-state index contributed by atoms with van der Waals surface area (Å²) in [5, 5.41) is 2.88. The van der Waals surface area contributed by atoms with Gasteiger partial charge in [0.1, 0.15) is 5.75 Å². The fourth-order valence-corrected chi connectivity index (χ4v) is 2.86. The number of likely N-dealkylation sites (tertiary alicyclic amines) is 1. The molecule has 1 aromatic carbocycles. The number of nitrogens with zero attached hydrogens (tertiary/aromatic N) is 1. The molecule has 1 aliphatic heterocycles. The molecule has 138 valence electrons. The lowest BCUT2D eigenvalue weighted by molar-refractivity contribution is -0.127. The number of carbonyl (C=O) groups excluding carboxylic acids is 2. The van der Waals surface area contributed by atoms with Gasteiger partial charge in [0.05, 0.1) is 0 Å². The lowest BCUT2D eigenvalue weighted by Gasteiger charge is -2.21. The van der Waals surface area contributed by atoms with Gasteiger partial charge in [-0.3, -0.25) is 9.59 Å². The molecule has 25 heavy (non-hydrogen) atoms. The molecule has 5 heteroatoms. The molecular weight excluding hydrogens is 316 g/mol. The molecule has 2 rings (SSSR count). The fraction of sp³-hybridized carbons (Fsp3) is 0.600. The van der Waals surface area contributed by atoms with Crippen molar-refractivity contribution in [2.75, 3.05) is 19.6 Å². The average molecular weight is 346 g/mol. The Bertz CT molecular complexity index is 607. The molecule has 1 aromatic rings. The Kier molecular flexibility index (Phi) is 6.45. The van der Waals surface area contributed by atoms with E-state index in [4.69, 9.17) is 4.74 Å². The summed E-state index contributed by atoms with van der Waals surface area (Å²) in [6.07, 6.45) is 1.82. The summed E-state index contributed by atoms with van der Waals surface area (Å²) in [7, 11) is 0. The first-order valence-corrected chi connectivity index (χ1v) is 9.10. The first-order chi connectivity index (χ1) is 11.8. The van der Waals surface area contributed by atoms with Crippen LogP contribution in [0.4, 0.5) is 0 Å². The molecule has 1 atom stereocenters. The quantitative estimate of drug-likeness (QED) is 0.772. The molecule has 1 heterocycles. The highest BCUT2D eigenvalue weighted by atomic mass is 16.5. The Hall–Kier alpha value is -2.04. The van der Waals surface area contributed by atoms with Crippen molar-refractivity contribution in [3.8, 4) is 5.75 Å². The van der Waals surface area contributed by atoms with Crippen molar-refractivity contribution in [3.05, 3.63) is 29.8 Å². The zero-order valence-electron chi connectivity index (χ0n) is 15.8. The number of ether oxygens (including phenoxy) is 1. The normalized spacial score (nSPS) is 16.0. The van der Waals surface area contributed by atoms with Gasteiger partial charge in [-0.25, -0.2) is 0 Å². The van der Waals surface area contributed by atoms with E-state index in [0.29, 0.717) is 25.3 Å². The van der Waals surface area contributed by atoms with Crippen LogP contribution in [0, 0.1) is 0 Å². The molecule has 1 N–H and O–H groups in total. The van der Waals surface area contributed by atoms with Crippen LogP contribution in [0.2, 0.25) is 0 Å². The maximum absolute atomic E-state index is 12.2. The molecule has 2 amide bonds. The first kappa shape index (κ1) is 19.3. The van der Waals surface area contributed by atoms with Crippen LogP contribution in [0.25, 0.3) is 0 Å². The molecule has 1 saturated heterocycles. The first-order valence-electron chi connectivity index (χ1n) is 9.10. The average Bonchev–Trinajstić information content (AvgIpc) is 2.96. The number of amides is 2. The van der Waals surface area contributed by atoms with Gasteiger partial charge in [-0.05, 0) is 42.9 Å². The van der Waals surface area contributed by atoms with Crippen LogP contribution in [-0.2, 0) is 15.0 Å². The second-order valence-electron chi connectivity index (χ2n) is 7.67. The van der Waals surface area contributed by atoms with Crippen molar-refractivity contribution in [2.45, 2.75) is 58.5 Å². The fourth-order valence-electron chi connectivity index (χ4n) is 2.86. The number of hydrogen-bond acceptors (Lipinski definition) is 3. The minimum Gasteiger partial charge on any atom is -0.481 e. The Morgan fingerprint density at radius 2 is 2.12 bits per heavy atom. The van der Waals surface area contributed by atoms with Gasteiger partial charge < -0.3 is 15.0 Å². The van der Waals surface area contributed by atoms with Crippen LogP contribution >= 0.6 is 0 Å². The van der Waals surface area contributed by atoms with Crippen molar-refractivity contribution in [3.63, 3.8) is 0 Å². The van der Waals surface area contributed by atoms with Gasteiger partial charge >= 0.3 is 0 Å². The summed E-state index contributed by atoms with van der Waals surface area (Å²) in [6, 6.07) is 7.88. The summed E-state index contributed by atoms with van der Waals surface area (Å²) in [4.78, 5) is 25.6. The number of nitrogens with one attached hydrogen (secondary N) is 1. The van der Waals surface area contributed by atoms with Crippen LogP contribution in [0.3, 0.4) is 0 Å². The van der Waals surface area contributed by atoms with E-state index in [9.17, 15) is 9.59 Å². The SMILES string of the molecule is CC(Oc1cccc(C(C)(C)C)c1)C(=O)NCCCN1CCCC1=O. The van der Waals surface area contributed by atoms with Gasteiger partial charge in [0.2, 0.25) is 5.91 Å². The highest BCUT2D eigenvalue weighted by Crippen LogP contribution is 2.26.